The van der Waals surface area contributed by atoms with Gasteiger partial charge in [0.1, 0.15) is 0 Å². The predicted octanol–water partition coefficient (Wildman–Crippen LogP) is 2.21. The molecule has 0 aromatic rings. The summed E-state index contributed by atoms with van der Waals surface area (Å²) >= 11 is 0. The van der Waals surface area contributed by atoms with Gasteiger partial charge in [-0.1, -0.05) is 6.92 Å². The molecule has 92 valence electrons. The maximum absolute atomic E-state index is 5.45. The van der Waals surface area contributed by atoms with Gasteiger partial charge in [0.15, 0.2) is 0 Å². The smallest absolute Gasteiger partial charge is 0.0637 e. The van der Waals surface area contributed by atoms with Gasteiger partial charge >= 0.3 is 0 Å². The molecule has 0 aliphatic heterocycles. The topological polar surface area (TPSA) is 30.5 Å². The molecule has 0 fully saturated rings. The zero-order valence-corrected chi connectivity index (χ0v) is 10.9. The predicted molar refractivity (Wildman–Crippen MR) is 64.3 cm³/mol. The fourth-order valence-corrected chi connectivity index (χ4v) is 1.72. The van der Waals surface area contributed by atoms with Crippen molar-refractivity contribution in [2.75, 3.05) is 27.4 Å². The fraction of sp³-hybridized carbons (Fsp3) is 1.00. The molecule has 1 N–H and O–H groups in total. The Morgan fingerprint density at radius 3 is 2.40 bits per heavy atom. The molecule has 0 rings (SSSR count). The first-order valence-corrected chi connectivity index (χ1v) is 5.83. The third-order valence-electron chi connectivity index (χ3n) is 2.68. The summed E-state index contributed by atoms with van der Waals surface area (Å²) in [6, 6.07) is 0.528. The molecule has 0 saturated heterocycles. The third kappa shape index (κ3) is 7.77. The van der Waals surface area contributed by atoms with Crippen LogP contribution in [0, 0.1) is 0 Å². The Bertz CT molecular complexity index is 149. The summed E-state index contributed by atoms with van der Waals surface area (Å²) in [5.41, 5.74) is -0.0418. The maximum Gasteiger partial charge on any atom is 0.0637 e. The highest BCUT2D eigenvalue weighted by Crippen LogP contribution is 2.18. The van der Waals surface area contributed by atoms with Crippen LogP contribution in [0.2, 0.25) is 0 Å². The normalized spacial score (nSPS) is 14.2. The van der Waals surface area contributed by atoms with Gasteiger partial charge in [0.25, 0.3) is 0 Å². The van der Waals surface area contributed by atoms with Crippen molar-refractivity contribution in [2.45, 2.75) is 51.7 Å². The Morgan fingerprint density at radius 1 is 1.27 bits per heavy atom. The van der Waals surface area contributed by atoms with Gasteiger partial charge in [-0.15, -0.1) is 0 Å². The molecule has 0 heterocycles. The van der Waals surface area contributed by atoms with E-state index in [0.717, 1.165) is 32.4 Å². The van der Waals surface area contributed by atoms with E-state index in [4.69, 9.17) is 9.47 Å². The first-order chi connectivity index (χ1) is 7.05. The summed E-state index contributed by atoms with van der Waals surface area (Å²) in [5, 5.41) is 3.50. The van der Waals surface area contributed by atoms with E-state index in [1.807, 2.05) is 0 Å². The van der Waals surface area contributed by atoms with Crippen LogP contribution in [-0.2, 0) is 9.47 Å². The van der Waals surface area contributed by atoms with Crippen molar-refractivity contribution in [3.8, 4) is 0 Å². The monoisotopic (exact) mass is 217 g/mol. The van der Waals surface area contributed by atoms with Crippen molar-refractivity contribution in [2.24, 2.45) is 0 Å². The van der Waals surface area contributed by atoms with Gasteiger partial charge in [0.05, 0.1) is 5.60 Å². The molecule has 0 aliphatic carbocycles. The minimum atomic E-state index is -0.0418. The van der Waals surface area contributed by atoms with Crippen LogP contribution in [0.5, 0.6) is 0 Å². The van der Waals surface area contributed by atoms with E-state index >= 15 is 0 Å². The lowest BCUT2D eigenvalue weighted by atomic mass is 9.96. The number of rotatable bonds is 9. The van der Waals surface area contributed by atoms with Gasteiger partial charge in [0, 0.05) is 26.9 Å². The molecule has 1 atom stereocenters. The van der Waals surface area contributed by atoms with E-state index in [1.165, 1.54) is 0 Å². The van der Waals surface area contributed by atoms with Crippen LogP contribution < -0.4 is 5.32 Å². The Hall–Kier alpha value is -0.120. The number of nitrogens with one attached hydrogen (secondary N) is 1. The van der Waals surface area contributed by atoms with Crippen molar-refractivity contribution in [3.63, 3.8) is 0 Å². The molecule has 3 nitrogen and oxygen atoms in total. The van der Waals surface area contributed by atoms with Crippen LogP contribution in [0.15, 0.2) is 0 Å². The number of hydrogen-bond donors (Lipinski definition) is 1. The summed E-state index contributed by atoms with van der Waals surface area (Å²) in [7, 11) is 3.53. The molecule has 1 unspecified atom stereocenters. The van der Waals surface area contributed by atoms with E-state index in [0.29, 0.717) is 6.04 Å². The summed E-state index contributed by atoms with van der Waals surface area (Å²) in [6.45, 7) is 8.26. The average molecular weight is 217 g/mol. The second kappa shape index (κ2) is 8.08. The fourth-order valence-electron chi connectivity index (χ4n) is 1.72. The second-order valence-corrected chi connectivity index (χ2v) is 4.56. The molecule has 0 radical (unpaired) electrons. The van der Waals surface area contributed by atoms with Crippen LogP contribution in [0.1, 0.15) is 40.0 Å². The first-order valence-electron chi connectivity index (χ1n) is 5.83. The van der Waals surface area contributed by atoms with Gasteiger partial charge in [0.2, 0.25) is 0 Å². The van der Waals surface area contributed by atoms with Crippen molar-refractivity contribution < 1.29 is 9.47 Å². The molecule has 3 heteroatoms. The van der Waals surface area contributed by atoms with Crippen molar-refractivity contribution >= 4 is 0 Å². The molecular weight excluding hydrogens is 190 g/mol. The van der Waals surface area contributed by atoms with Crippen LogP contribution in [0.3, 0.4) is 0 Å². The minimum absolute atomic E-state index is 0.0418. The molecule has 0 aromatic carbocycles. The average Bonchev–Trinajstić information content (AvgIpc) is 2.18. The van der Waals surface area contributed by atoms with Gasteiger partial charge in [-0.2, -0.15) is 0 Å². The van der Waals surface area contributed by atoms with Crippen LogP contribution in [0.25, 0.3) is 0 Å². The molecule has 0 saturated carbocycles. The van der Waals surface area contributed by atoms with Gasteiger partial charge in [-0.3, -0.25) is 0 Å². The molecule has 0 bridgehead atoms. The van der Waals surface area contributed by atoms with E-state index in [1.54, 1.807) is 14.2 Å². The zero-order valence-electron chi connectivity index (χ0n) is 10.9. The van der Waals surface area contributed by atoms with E-state index in [9.17, 15) is 0 Å². The summed E-state index contributed by atoms with van der Waals surface area (Å²) in [4.78, 5) is 0. The first kappa shape index (κ1) is 14.9. The van der Waals surface area contributed by atoms with Crippen LogP contribution in [-0.4, -0.2) is 39.0 Å². The Labute approximate surface area is 94.5 Å². The lowest BCUT2D eigenvalue weighted by molar-refractivity contribution is 0.00585. The summed E-state index contributed by atoms with van der Waals surface area (Å²) < 4.78 is 10.5. The van der Waals surface area contributed by atoms with E-state index in [-0.39, 0.29) is 5.60 Å². The Balaban J connectivity index is 3.91. The molecule has 15 heavy (non-hydrogen) atoms. The Kier molecular flexibility index (Phi) is 8.02. The quantitative estimate of drug-likeness (QED) is 0.601. The molecule has 0 aliphatic rings. The summed E-state index contributed by atoms with van der Waals surface area (Å²) in [6.07, 6.45) is 3.30. The van der Waals surface area contributed by atoms with Gasteiger partial charge in [-0.05, 0) is 39.7 Å². The number of ether oxygens (including phenoxy) is 2. The number of hydrogen-bond acceptors (Lipinski definition) is 3. The minimum Gasteiger partial charge on any atom is -0.385 e. The number of methoxy groups -OCH3 is 2. The van der Waals surface area contributed by atoms with Crippen molar-refractivity contribution in [1.29, 1.82) is 0 Å². The van der Waals surface area contributed by atoms with Crippen LogP contribution >= 0.6 is 0 Å². The van der Waals surface area contributed by atoms with Gasteiger partial charge < -0.3 is 14.8 Å². The van der Waals surface area contributed by atoms with Crippen molar-refractivity contribution in [1.82, 2.24) is 5.32 Å². The molecule has 0 amide bonds. The van der Waals surface area contributed by atoms with Crippen LogP contribution in [0.4, 0.5) is 0 Å². The highest BCUT2D eigenvalue weighted by molar-refractivity contribution is 4.78. The largest absolute Gasteiger partial charge is 0.385 e. The van der Waals surface area contributed by atoms with Crippen molar-refractivity contribution in [3.05, 3.63) is 0 Å². The zero-order chi connectivity index (χ0) is 11.7. The summed E-state index contributed by atoms with van der Waals surface area (Å²) in [5.74, 6) is 0. The SMILES string of the molecule is CCNC(CCCOC)CC(C)(C)OC. The lowest BCUT2D eigenvalue weighted by Crippen LogP contribution is -2.37. The third-order valence-corrected chi connectivity index (χ3v) is 2.68. The Morgan fingerprint density at radius 2 is 1.93 bits per heavy atom. The highest BCUT2D eigenvalue weighted by Gasteiger charge is 2.21. The molecular formula is C12H27NO2. The van der Waals surface area contributed by atoms with E-state index in [2.05, 4.69) is 26.1 Å². The standard InChI is InChI=1S/C12H27NO2/c1-6-13-11(8-7-9-14-4)10-12(2,3)15-5/h11,13H,6-10H2,1-5H3. The highest BCUT2D eigenvalue weighted by atomic mass is 16.5. The van der Waals surface area contributed by atoms with E-state index < -0.39 is 0 Å². The second-order valence-electron chi connectivity index (χ2n) is 4.56. The lowest BCUT2D eigenvalue weighted by Gasteiger charge is -2.29. The molecule has 0 aromatic heterocycles. The maximum atomic E-state index is 5.45. The van der Waals surface area contributed by atoms with Gasteiger partial charge in [-0.25, -0.2) is 0 Å². The molecule has 0 spiro atoms.